The molecule has 0 saturated heterocycles. The fourth-order valence-corrected chi connectivity index (χ4v) is 1.13. The van der Waals surface area contributed by atoms with E-state index in [2.05, 4.69) is 9.72 Å². The van der Waals surface area contributed by atoms with E-state index in [1.165, 1.54) is 18.5 Å². The number of nitrogen functional groups attached to an aromatic ring is 1. The van der Waals surface area contributed by atoms with E-state index in [0.717, 1.165) is 0 Å². The summed E-state index contributed by atoms with van der Waals surface area (Å²) in [7, 11) is 0. The Labute approximate surface area is 95.6 Å². The summed E-state index contributed by atoms with van der Waals surface area (Å²) < 4.78 is 39.5. The van der Waals surface area contributed by atoms with Gasteiger partial charge in [0.15, 0.2) is 5.78 Å². The van der Waals surface area contributed by atoms with E-state index in [4.69, 9.17) is 5.73 Å². The quantitative estimate of drug-likeness (QED) is 0.637. The number of nitrogens with two attached hydrogens (primary N) is 1. The molecule has 0 atom stereocenters. The second-order valence-corrected chi connectivity index (χ2v) is 3.30. The number of anilines is 1. The maximum Gasteiger partial charge on any atom is 0.411 e. The number of halogens is 3. The Hall–Kier alpha value is -1.63. The summed E-state index contributed by atoms with van der Waals surface area (Å²) >= 11 is 0. The summed E-state index contributed by atoms with van der Waals surface area (Å²) in [5.41, 5.74) is 5.96. The van der Waals surface area contributed by atoms with Crippen molar-refractivity contribution in [1.82, 2.24) is 4.98 Å². The number of ether oxygens (including phenoxy) is 1. The minimum Gasteiger partial charge on any atom is -0.398 e. The molecule has 2 N–H and O–H groups in total. The van der Waals surface area contributed by atoms with Crippen molar-refractivity contribution < 1.29 is 22.7 Å². The average molecular weight is 248 g/mol. The van der Waals surface area contributed by atoms with Crippen LogP contribution in [0.5, 0.6) is 0 Å². The lowest BCUT2D eigenvalue weighted by molar-refractivity contribution is -0.173. The van der Waals surface area contributed by atoms with Gasteiger partial charge < -0.3 is 10.5 Å². The number of carbonyl (C=O) groups excluding carboxylic acids is 1. The first kappa shape index (κ1) is 13.4. The number of hydrogen-bond donors (Lipinski definition) is 1. The minimum atomic E-state index is -4.38. The standard InChI is InChI=1S/C10H11F3N2O2/c11-10(12,13)6-17-4-2-9(16)7-5-15-3-1-8(7)14/h1,3,5H,2,4,6H2,(H2,14,15). The molecule has 0 aliphatic rings. The van der Waals surface area contributed by atoms with Gasteiger partial charge in [-0.3, -0.25) is 9.78 Å². The van der Waals surface area contributed by atoms with Crippen molar-refractivity contribution in [2.45, 2.75) is 12.6 Å². The molecule has 17 heavy (non-hydrogen) atoms. The number of rotatable bonds is 5. The Kier molecular flexibility index (Phi) is 4.45. The number of nitrogens with zero attached hydrogens (tertiary/aromatic N) is 1. The average Bonchev–Trinajstić information content (AvgIpc) is 2.23. The molecule has 0 saturated carbocycles. The van der Waals surface area contributed by atoms with Crippen LogP contribution in [0.2, 0.25) is 0 Å². The first-order valence-corrected chi connectivity index (χ1v) is 4.77. The molecule has 94 valence electrons. The highest BCUT2D eigenvalue weighted by Crippen LogP contribution is 2.15. The second-order valence-electron chi connectivity index (χ2n) is 3.30. The lowest BCUT2D eigenvalue weighted by atomic mass is 10.1. The number of hydrogen-bond acceptors (Lipinski definition) is 4. The van der Waals surface area contributed by atoms with E-state index in [1.54, 1.807) is 0 Å². The third kappa shape index (κ3) is 4.81. The molecule has 1 aromatic rings. The summed E-state index contributed by atoms with van der Waals surface area (Å²) in [6.07, 6.45) is -1.84. The first-order chi connectivity index (χ1) is 7.90. The number of ketones is 1. The van der Waals surface area contributed by atoms with Crippen molar-refractivity contribution in [2.24, 2.45) is 0 Å². The predicted molar refractivity (Wildman–Crippen MR) is 54.5 cm³/mol. The van der Waals surface area contributed by atoms with Crippen LogP contribution in [0.4, 0.5) is 18.9 Å². The van der Waals surface area contributed by atoms with Crippen LogP contribution in [-0.2, 0) is 4.74 Å². The monoisotopic (exact) mass is 248 g/mol. The summed E-state index contributed by atoms with van der Waals surface area (Å²) in [6.45, 7) is -1.66. The Morgan fingerprint density at radius 2 is 2.18 bits per heavy atom. The molecule has 0 bridgehead atoms. The smallest absolute Gasteiger partial charge is 0.398 e. The van der Waals surface area contributed by atoms with Crippen LogP contribution < -0.4 is 5.73 Å². The van der Waals surface area contributed by atoms with Gasteiger partial charge in [0.25, 0.3) is 0 Å². The third-order valence-electron chi connectivity index (χ3n) is 1.89. The van der Waals surface area contributed by atoms with Crippen LogP contribution in [0, 0.1) is 0 Å². The van der Waals surface area contributed by atoms with Crippen molar-refractivity contribution in [1.29, 1.82) is 0 Å². The molecule has 0 spiro atoms. The zero-order valence-corrected chi connectivity index (χ0v) is 8.83. The minimum absolute atomic E-state index is 0.161. The predicted octanol–water partition coefficient (Wildman–Crippen LogP) is 1.82. The van der Waals surface area contributed by atoms with Crippen molar-refractivity contribution in [3.63, 3.8) is 0 Å². The molecule has 1 heterocycles. The van der Waals surface area contributed by atoms with Gasteiger partial charge in [0.1, 0.15) is 6.61 Å². The first-order valence-electron chi connectivity index (χ1n) is 4.77. The van der Waals surface area contributed by atoms with Crippen molar-refractivity contribution in [2.75, 3.05) is 18.9 Å². The third-order valence-corrected chi connectivity index (χ3v) is 1.89. The zero-order valence-electron chi connectivity index (χ0n) is 8.83. The van der Waals surface area contributed by atoms with E-state index in [1.807, 2.05) is 0 Å². The normalized spacial score (nSPS) is 11.5. The van der Waals surface area contributed by atoms with Crippen LogP contribution in [0.1, 0.15) is 16.8 Å². The summed E-state index contributed by atoms with van der Waals surface area (Å²) in [4.78, 5) is 15.2. The molecule has 1 rings (SSSR count). The lowest BCUT2D eigenvalue weighted by Crippen LogP contribution is -2.18. The fraction of sp³-hybridized carbons (Fsp3) is 0.400. The number of pyridine rings is 1. The molecule has 0 radical (unpaired) electrons. The zero-order chi connectivity index (χ0) is 12.9. The Morgan fingerprint density at radius 3 is 2.76 bits per heavy atom. The summed E-state index contributed by atoms with van der Waals surface area (Å²) in [5.74, 6) is -0.391. The Morgan fingerprint density at radius 1 is 1.47 bits per heavy atom. The van der Waals surface area contributed by atoms with Gasteiger partial charge in [0, 0.05) is 24.5 Å². The molecule has 1 aromatic heterocycles. The maximum atomic E-state index is 11.7. The Bertz CT molecular complexity index is 393. The number of aromatic nitrogens is 1. The molecule has 4 nitrogen and oxygen atoms in total. The largest absolute Gasteiger partial charge is 0.411 e. The topological polar surface area (TPSA) is 65.2 Å². The summed E-state index contributed by atoms with van der Waals surface area (Å²) in [5, 5.41) is 0. The Balaban J connectivity index is 2.39. The van der Waals surface area contributed by atoms with E-state index in [-0.39, 0.29) is 24.3 Å². The lowest BCUT2D eigenvalue weighted by Gasteiger charge is -2.07. The van der Waals surface area contributed by atoms with Gasteiger partial charge in [-0.25, -0.2) is 0 Å². The molecular weight excluding hydrogens is 237 g/mol. The van der Waals surface area contributed by atoms with Crippen molar-refractivity contribution in [3.05, 3.63) is 24.0 Å². The molecule has 0 amide bonds. The molecular formula is C10H11F3N2O2. The highest BCUT2D eigenvalue weighted by molar-refractivity contribution is 6.00. The van der Waals surface area contributed by atoms with Gasteiger partial charge in [-0.1, -0.05) is 0 Å². The molecule has 0 aliphatic heterocycles. The highest BCUT2D eigenvalue weighted by Gasteiger charge is 2.27. The molecule has 0 unspecified atom stereocenters. The second kappa shape index (κ2) is 5.62. The van der Waals surface area contributed by atoms with Crippen molar-refractivity contribution in [3.8, 4) is 0 Å². The molecule has 0 aromatic carbocycles. The van der Waals surface area contributed by atoms with Gasteiger partial charge in [-0.15, -0.1) is 0 Å². The van der Waals surface area contributed by atoms with Crippen LogP contribution in [-0.4, -0.2) is 30.2 Å². The fourth-order valence-electron chi connectivity index (χ4n) is 1.13. The number of carbonyl (C=O) groups is 1. The van der Waals surface area contributed by atoms with E-state index in [9.17, 15) is 18.0 Å². The molecule has 7 heteroatoms. The van der Waals surface area contributed by atoms with Gasteiger partial charge >= 0.3 is 6.18 Å². The molecule has 0 aliphatic carbocycles. The number of alkyl halides is 3. The van der Waals surface area contributed by atoms with Gasteiger partial charge in [-0.2, -0.15) is 13.2 Å². The van der Waals surface area contributed by atoms with E-state index >= 15 is 0 Å². The maximum absolute atomic E-state index is 11.7. The van der Waals surface area contributed by atoms with E-state index in [0.29, 0.717) is 0 Å². The number of Topliss-reactive ketones (excluding diaryl/α,β-unsaturated/α-hetero) is 1. The molecule has 0 fully saturated rings. The van der Waals surface area contributed by atoms with E-state index < -0.39 is 18.6 Å². The van der Waals surface area contributed by atoms with Crippen LogP contribution in [0.3, 0.4) is 0 Å². The highest BCUT2D eigenvalue weighted by atomic mass is 19.4. The van der Waals surface area contributed by atoms with Gasteiger partial charge in [-0.05, 0) is 6.07 Å². The van der Waals surface area contributed by atoms with Crippen LogP contribution in [0.15, 0.2) is 18.5 Å². The van der Waals surface area contributed by atoms with Gasteiger partial charge in [0.2, 0.25) is 0 Å². The van der Waals surface area contributed by atoms with Gasteiger partial charge in [0.05, 0.1) is 12.2 Å². The van der Waals surface area contributed by atoms with Crippen LogP contribution in [0.25, 0.3) is 0 Å². The van der Waals surface area contributed by atoms with Crippen LogP contribution >= 0.6 is 0 Å². The summed E-state index contributed by atoms with van der Waals surface area (Å²) in [6, 6.07) is 1.45. The SMILES string of the molecule is Nc1ccncc1C(=O)CCOCC(F)(F)F. The van der Waals surface area contributed by atoms with Crippen molar-refractivity contribution >= 4 is 11.5 Å².